The highest BCUT2D eigenvalue weighted by molar-refractivity contribution is 5.22. The molecule has 0 fully saturated rings. The Kier molecular flexibility index (Phi) is 2.96. The van der Waals surface area contributed by atoms with E-state index >= 15 is 0 Å². The molecule has 0 saturated heterocycles. The van der Waals surface area contributed by atoms with E-state index in [1.54, 1.807) is 0 Å². The van der Waals surface area contributed by atoms with Crippen molar-refractivity contribution in [3.05, 3.63) is 23.9 Å². The summed E-state index contributed by atoms with van der Waals surface area (Å²) in [4.78, 5) is 0. The summed E-state index contributed by atoms with van der Waals surface area (Å²) >= 11 is 0. The highest BCUT2D eigenvalue weighted by Gasteiger charge is 2.10. The Bertz CT molecular complexity index is 194. The highest BCUT2D eigenvalue weighted by atomic mass is 14.8. The van der Waals surface area contributed by atoms with E-state index in [2.05, 4.69) is 38.2 Å². The van der Waals surface area contributed by atoms with Crippen LogP contribution in [-0.2, 0) is 0 Å². The smallest absolute Gasteiger partial charge is 0.0330 e. The van der Waals surface area contributed by atoms with E-state index in [0.717, 1.165) is 6.54 Å². The molecule has 0 amide bonds. The Morgan fingerprint density at radius 2 is 2.17 bits per heavy atom. The lowest BCUT2D eigenvalue weighted by Gasteiger charge is -2.18. The normalized spacial score (nSPS) is 17.1. The van der Waals surface area contributed by atoms with E-state index in [1.165, 1.54) is 18.4 Å². The van der Waals surface area contributed by atoms with Crippen LogP contribution in [0.4, 0.5) is 0 Å². The molecule has 1 rings (SSSR count). The lowest BCUT2D eigenvalue weighted by Crippen LogP contribution is -2.10. The Morgan fingerprint density at radius 1 is 1.42 bits per heavy atom. The summed E-state index contributed by atoms with van der Waals surface area (Å²) in [5.41, 5.74) is 1.93. The maximum atomic E-state index is 3.15. The lowest BCUT2D eigenvalue weighted by molar-refractivity contribution is 0.378. The summed E-state index contributed by atoms with van der Waals surface area (Å²) in [6, 6.07) is 0. The maximum absolute atomic E-state index is 3.15. The van der Waals surface area contributed by atoms with Crippen molar-refractivity contribution in [2.75, 3.05) is 6.54 Å². The van der Waals surface area contributed by atoms with Gasteiger partial charge in [-0.15, -0.1) is 0 Å². The zero-order chi connectivity index (χ0) is 9.03. The van der Waals surface area contributed by atoms with E-state index < -0.39 is 0 Å². The van der Waals surface area contributed by atoms with Crippen LogP contribution in [0.2, 0.25) is 0 Å². The quantitative estimate of drug-likeness (QED) is 0.663. The summed E-state index contributed by atoms with van der Waals surface area (Å²) in [5.74, 6) is 0. The Labute approximate surface area is 75.6 Å². The van der Waals surface area contributed by atoms with Crippen LogP contribution < -0.4 is 5.32 Å². The molecule has 1 aliphatic heterocycles. The van der Waals surface area contributed by atoms with E-state index in [0.29, 0.717) is 5.41 Å². The largest absolute Gasteiger partial charge is 0.387 e. The molecule has 1 aliphatic rings. The standard InChI is InChI=1S/C11H19N/c1-11(2,3)7-4-10-5-8-12-9-6-10/h5-6,8,12H,4,7,9H2,1-3H3. The van der Waals surface area contributed by atoms with Crippen molar-refractivity contribution < 1.29 is 0 Å². The van der Waals surface area contributed by atoms with Crippen molar-refractivity contribution in [1.82, 2.24) is 5.32 Å². The third-order valence-electron chi connectivity index (χ3n) is 2.06. The Balaban J connectivity index is 2.32. The summed E-state index contributed by atoms with van der Waals surface area (Å²) in [7, 11) is 0. The number of hydrogen-bond acceptors (Lipinski definition) is 1. The van der Waals surface area contributed by atoms with Crippen molar-refractivity contribution in [2.24, 2.45) is 5.41 Å². The molecular weight excluding hydrogens is 146 g/mol. The first-order valence-electron chi connectivity index (χ1n) is 4.67. The second kappa shape index (κ2) is 3.79. The molecule has 0 aliphatic carbocycles. The van der Waals surface area contributed by atoms with Gasteiger partial charge in [-0.2, -0.15) is 0 Å². The summed E-state index contributed by atoms with van der Waals surface area (Å²) in [6.07, 6.45) is 8.96. The molecule has 0 unspecified atom stereocenters. The van der Waals surface area contributed by atoms with Crippen LogP contribution in [0, 0.1) is 5.41 Å². The molecule has 1 heterocycles. The predicted octanol–water partition coefficient (Wildman–Crippen LogP) is 2.86. The van der Waals surface area contributed by atoms with Crippen molar-refractivity contribution in [3.8, 4) is 0 Å². The maximum Gasteiger partial charge on any atom is 0.0330 e. The van der Waals surface area contributed by atoms with Gasteiger partial charge >= 0.3 is 0 Å². The van der Waals surface area contributed by atoms with Gasteiger partial charge < -0.3 is 5.32 Å². The number of allylic oxidation sites excluding steroid dienone is 2. The number of rotatable bonds is 2. The van der Waals surface area contributed by atoms with E-state index in [9.17, 15) is 0 Å². The molecule has 0 saturated carbocycles. The monoisotopic (exact) mass is 165 g/mol. The minimum atomic E-state index is 0.458. The van der Waals surface area contributed by atoms with Crippen LogP contribution in [0.15, 0.2) is 23.9 Å². The Hall–Kier alpha value is -0.720. The number of dihydropyridines is 1. The highest BCUT2D eigenvalue weighted by Crippen LogP contribution is 2.23. The van der Waals surface area contributed by atoms with Gasteiger partial charge in [0.15, 0.2) is 0 Å². The molecule has 1 nitrogen and oxygen atoms in total. The van der Waals surface area contributed by atoms with E-state index in [4.69, 9.17) is 0 Å². The average Bonchev–Trinajstić information content (AvgIpc) is 2.02. The van der Waals surface area contributed by atoms with Gasteiger partial charge in [-0.25, -0.2) is 0 Å². The second-order valence-corrected chi connectivity index (χ2v) is 4.58. The van der Waals surface area contributed by atoms with Crippen molar-refractivity contribution in [2.45, 2.75) is 33.6 Å². The van der Waals surface area contributed by atoms with Gasteiger partial charge in [-0.1, -0.05) is 26.8 Å². The molecule has 1 heteroatoms. The first kappa shape index (κ1) is 9.37. The molecule has 68 valence electrons. The number of hydrogen-bond donors (Lipinski definition) is 1. The van der Waals surface area contributed by atoms with Crippen LogP contribution in [0.5, 0.6) is 0 Å². The average molecular weight is 165 g/mol. The Morgan fingerprint density at radius 3 is 2.67 bits per heavy atom. The van der Waals surface area contributed by atoms with Gasteiger partial charge in [-0.3, -0.25) is 0 Å². The molecule has 0 bridgehead atoms. The minimum absolute atomic E-state index is 0.458. The summed E-state index contributed by atoms with van der Waals surface area (Å²) in [5, 5.41) is 3.15. The van der Waals surface area contributed by atoms with Gasteiger partial charge in [0.25, 0.3) is 0 Å². The molecule has 0 atom stereocenters. The first-order chi connectivity index (χ1) is 5.58. The van der Waals surface area contributed by atoms with Crippen LogP contribution >= 0.6 is 0 Å². The molecule has 1 N–H and O–H groups in total. The molecule has 0 radical (unpaired) electrons. The van der Waals surface area contributed by atoms with Gasteiger partial charge in [-0.05, 0) is 36.1 Å². The lowest BCUT2D eigenvalue weighted by atomic mass is 9.88. The molecule has 0 aromatic rings. The molecular formula is C11H19N. The second-order valence-electron chi connectivity index (χ2n) is 4.58. The van der Waals surface area contributed by atoms with E-state index in [1.807, 2.05) is 6.20 Å². The summed E-state index contributed by atoms with van der Waals surface area (Å²) in [6.45, 7) is 7.87. The van der Waals surface area contributed by atoms with Crippen LogP contribution in [0.1, 0.15) is 33.6 Å². The molecule has 12 heavy (non-hydrogen) atoms. The van der Waals surface area contributed by atoms with Gasteiger partial charge in [0.2, 0.25) is 0 Å². The molecule has 0 aromatic carbocycles. The summed E-state index contributed by atoms with van der Waals surface area (Å²) < 4.78 is 0. The predicted molar refractivity (Wildman–Crippen MR) is 53.9 cm³/mol. The first-order valence-corrected chi connectivity index (χ1v) is 4.67. The van der Waals surface area contributed by atoms with Gasteiger partial charge in [0, 0.05) is 6.54 Å². The third kappa shape index (κ3) is 3.61. The number of nitrogens with one attached hydrogen (secondary N) is 1. The van der Waals surface area contributed by atoms with Crippen molar-refractivity contribution in [3.63, 3.8) is 0 Å². The van der Waals surface area contributed by atoms with E-state index in [-0.39, 0.29) is 0 Å². The van der Waals surface area contributed by atoms with Crippen molar-refractivity contribution in [1.29, 1.82) is 0 Å². The topological polar surface area (TPSA) is 12.0 Å². The molecule has 0 aromatic heterocycles. The molecule has 0 spiro atoms. The zero-order valence-corrected chi connectivity index (χ0v) is 8.35. The minimum Gasteiger partial charge on any atom is -0.387 e. The SMILES string of the molecule is CC(C)(C)CCC1=CCNC=C1. The third-order valence-corrected chi connectivity index (χ3v) is 2.06. The van der Waals surface area contributed by atoms with Crippen molar-refractivity contribution >= 4 is 0 Å². The van der Waals surface area contributed by atoms with Gasteiger partial charge in [0.05, 0.1) is 0 Å². The van der Waals surface area contributed by atoms with Gasteiger partial charge in [0.1, 0.15) is 0 Å². The van der Waals surface area contributed by atoms with Crippen LogP contribution in [0.25, 0.3) is 0 Å². The fourth-order valence-corrected chi connectivity index (χ4v) is 1.20. The fourth-order valence-electron chi connectivity index (χ4n) is 1.20. The fraction of sp³-hybridized carbons (Fsp3) is 0.636. The van der Waals surface area contributed by atoms with Crippen LogP contribution in [0.3, 0.4) is 0 Å². The zero-order valence-electron chi connectivity index (χ0n) is 8.35. The van der Waals surface area contributed by atoms with Crippen LogP contribution in [-0.4, -0.2) is 6.54 Å².